The number of hydrogen-bond acceptors (Lipinski definition) is 4. The van der Waals surface area contributed by atoms with Crippen LogP contribution in [0.3, 0.4) is 0 Å². The second-order valence-corrected chi connectivity index (χ2v) is 8.81. The number of ketones is 1. The van der Waals surface area contributed by atoms with Crippen LogP contribution < -0.4 is 5.32 Å². The molecule has 25 heavy (non-hydrogen) atoms. The summed E-state index contributed by atoms with van der Waals surface area (Å²) in [6, 6.07) is 8.20. The first-order chi connectivity index (χ1) is 12.1. The first-order valence-corrected chi connectivity index (χ1v) is 9.43. The SMILES string of the molecule is O=C1C[C@@]23CCCN4CC1[C@]1(c5ccccc5N[C@@]1(C(=O)O)CC2)[C@@H]43. The predicted octanol–water partition coefficient (Wildman–Crippen LogP) is 2.02. The molecule has 1 spiro atoms. The van der Waals surface area contributed by atoms with Crippen LogP contribution >= 0.6 is 0 Å². The van der Waals surface area contributed by atoms with Crippen LogP contribution in [0.2, 0.25) is 0 Å². The first-order valence-electron chi connectivity index (χ1n) is 9.43. The number of carbonyl (C=O) groups is 2. The van der Waals surface area contributed by atoms with Gasteiger partial charge in [-0.2, -0.15) is 0 Å². The van der Waals surface area contributed by atoms with E-state index >= 15 is 0 Å². The lowest BCUT2D eigenvalue weighted by Gasteiger charge is -2.63. The number of anilines is 1. The molecule has 1 aromatic rings. The zero-order chi connectivity index (χ0) is 17.0. The fourth-order valence-corrected chi connectivity index (χ4v) is 7.61. The maximum Gasteiger partial charge on any atom is 0.330 e. The summed E-state index contributed by atoms with van der Waals surface area (Å²) in [6.45, 7) is 1.73. The highest BCUT2D eigenvalue weighted by atomic mass is 16.4. The summed E-state index contributed by atoms with van der Waals surface area (Å²) in [6.07, 6.45) is 4.29. The zero-order valence-corrected chi connectivity index (χ0v) is 14.1. The molecule has 1 unspecified atom stereocenters. The van der Waals surface area contributed by atoms with E-state index in [0.717, 1.165) is 43.6 Å². The molecule has 3 aliphatic heterocycles. The number of fused-ring (bicyclic) bond motifs is 1. The van der Waals surface area contributed by atoms with Gasteiger partial charge in [-0.1, -0.05) is 18.2 Å². The number of hydrogen-bond donors (Lipinski definition) is 2. The highest BCUT2D eigenvalue weighted by Gasteiger charge is 2.81. The molecule has 0 radical (unpaired) electrons. The Morgan fingerprint density at radius 3 is 2.92 bits per heavy atom. The van der Waals surface area contributed by atoms with Gasteiger partial charge < -0.3 is 10.4 Å². The van der Waals surface area contributed by atoms with Crippen molar-refractivity contribution in [3.63, 3.8) is 0 Å². The van der Waals surface area contributed by atoms with Crippen molar-refractivity contribution < 1.29 is 14.7 Å². The Labute approximate surface area is 146 Å². The quantitative estimate of drug-likeness (QED) is 0.820. The van der Waals surface area contributed by atoms with Gasteiger partial charge in [-0.3, -0.25) is 9.69 Å². The monoisotopic (exact) mass is 338 g/mol. The molecule has 3 heterocycles. The predicted molar refractivity (Wildman–Crippen MR) is 91.5 cm³/mol. The number of carboxylic acids is 1. The van der Waals surface area contributed by atoms with Gasteiger partial charge in [0.15, 0.2) is 0 Å². The van der Waals surface area contributed by atoms with Crippen molar-refractivity contribution in [1.82, 2.24) is 4.90 Å². The van der Waals surface area contributed by atoms with Crippen LogP contribution in [0.25, 0.3) is 0 Å². The molecule has 2 aliphatic carbocycles. The summed E-state index contributed by atoms with van der Waals surface area (Å²) in [7, 11) is 0. The molecule has 2 saturated heterocycles. The summed E-state index contributed by atoms with van der Waals surface area (Å²) in [5, 5.41) is 13.8. The van der Waals surface area contributed by atoms with Gasteiger partial charge in [0, 0.05) is 30.6 Å². The van der Waals surface area contributed by atoms with E-state index in [-0.39, 0.29) is 17.4 Å². The minimum absolute atomic E-state index is 0.0274. The number of benzene rings is 1. The van der Waals surface area contributed by atoms with Crippen molar-refractivity contribution >= 4 is 17.4 Å². The Balaban J connectivity index is 1.73. The molecule has 5 heteroatoms. The normalized spacial score (nSPS) is 46.3. The average Bonchev–Trinajstić information content (AvgIpc) is 3.09. The van der Waals surface area contributed by atoms with E-state index in [1.807, 2.05) is 18.2 Å². The van der Waals surface area contributed by atoms with Crippen LogP contribution in [-0.2, 0) is 15.0 Å². The number of rotatable bonds is 1. The molecule has 5 atom stereocenters. The fourth-order valence-electron chi connectivity index (χ4n) is 7.61. The Morgan fingerprint density at radius 2 is 2.08 bits per heavy atom. The van der Waals surface area contributed by atoms with Gasteiger partial charge in [-0.05, 0) is 49.3 Å². The van der Waals surface area contributed by atoms with Crippen LogP contribution in [0.1, 0.15) is 37.7 Å². The summed E-state index contributed by atoms with van der Waals surface area (Å²) in [5.41, 5.74) is 0.323. The average molecular weight is 338 g/mol. The van der Waals surface area contributed by atoms with Crippen molar-refractivity contribution in [3.05, 3.63) is 29.8 Å². The molecule has 130 valence electrons. The molecule has 0 amide bonds. The number of para-hydroxylation sites is 1. The van der Waals surface area contributed by atoms with E-state index in [9.17, 15) is 14.7 Å². The van der Waals surface area contributed by atoms with E-state index in [1.54, 1.807) is 0 Å². The molecule has 4 fully saturated rings. The van der Waals surface area contributed by atoms with Crippen LogP contribution in [0.5, 0.6) is 0 Å². The second-order valence-electron chi connectivity index (χ2n) is 8.81. The number of nitrogens with zero attached hydrogens (tertiary/aromatic N) is 1. The molecule has 6 rings (SSSR count). The van der Waals surface area contributed by atoms with Crippen molar-refractivity contribution in [2.24, 2.45) is 11.3 Å². The maximum absolute atomic E-state index is 13.3. The van der Waals surface area contributed by atoms with Crippen molar-refractivity contribution in [2.45, 2.75) is 49.1 Å². The first kappa shape index (κ1) is 14.3. The standard InChI is InChI=1S/C20H22N2O3/c23-15-10-18-6-3-9-22-11-13(15)20(16(18)22)12-4-1-2-5-14(12)21-19(20,8-7-18)17(24)25/h1-2,4-5,13,16,21H,3,6-11H2,(H,24,25)/t13?,16-,18+,19+,20+/m0/s1. The van der Waals surface area contributed by atoms with Crippen molar-refractivity contribution in [3.8, 4) is 0 Å². The zero-order valence-electron chi connectivity index (χ0n) is 14.1. The van der Waals surface area contributed by atoms with Gasteiger partial charge >= 0.3 is 5.97 Å². The van der Waals surface area contributed by atoms with Crippen LogP contribution in [-0.4, -0.2) is 46.4 Å². The van der Waals surface area contributed by atoms with Crippen molar-refractivity contribution in [2.75, 3.05) is 18.4 Å². The van der Waals surface area contributed by atoms with Gasteiger partial charge in [-0.15, -0.1) is 0 Å². The van der Waals surface area contributed by atoms with E-state index < -0.39 is 16.9 Å². The second kappa shape index (κ2) is 4.09. The van der Waals surface area contributed by atoms with Gasteiger partial charge in [0.2, 0.25) is 0 Å². The van der Waals surface area contributed by atoms with Gasteiger partial charge in [0.25, 0.3) is 0 Å². The van der Waals surface area contributed by atoms with Crippen LogP contribution in [0.15, 0.2) is 24.3 Å². The maximum atomic E-state index is 13.3. The molecular weight excluding hydrogens is 316 g/mol. The topological polar surface area (TPSA) is 69.6 Å². The third-order valence-corrected chi connectivity index (χ3v) is 8.17. The molecule has 2 saturated carbocycles. The summed E-state index contributed by atoms with van der Waals surface area (Å²) < 4.78 is 0. The van der Waals surface area contributed by atoms with E-state index in [4.69, 9.17) is 0 Å². The van der Waals surface area contributed by atoms with Gasteiger partial charge in [-0.25, -0.2) is 4.79 Å². The molecule has 5 nitrogen and oxygen atoms in total. The van der Waals surface area contributed by atoms with E-state index in [2.05, 4.69) is 16.3 Å². The Bertz CT molecular complexity index is 838. The lowest BCUT2D eigenvalue weighted by Crippen LogP contribution is -2.75. The van der Waals surface area contributed by atoms with E-state index in [1.165, 1.54) is 0 Å². The van der Waals surface area contributed by atoms with Gasteiger partial charge in [0.1, 0.15) is 11.3 Å². The number of nitrogens with one attached hydrogen (secondary N) is 1. The van der Waals surface area contributed by atoms with Crippen LogP contribution in [0.4, 0.5) is 5.69 Å². The Morgan fingerprint density at radius 1 is 1.24 bits per heavy atom. The fraction of sp³-hybridized carbons (Fsp3) is 0.600. The number of piperidine rings is 1. The lowest BCUT2D eigenvalue weighted by atomic mass is 9.41. The molecular formula is C20H22N2O3. The molecule has 0 aromatic heterocycles. The number of aliphatic carboxylic acids is 1. The smallest absolute Gasteiger partial charge is 0.330 e. The minimum Gasteiger partial charge on any atom is -0.479 e. The molecule has 4 bridgehead atoms. The third-order valence-electron chi connectivity index (χ3n) is 8.17. The molecule has 1 aromatic carbocycles. The van der Waals surface area contributed by atoms with Crippen LogP contribution in [0, 0.1) is 11.3 Å². The van der Waals surface area contributed by atoms with E-state index in [0.29, 0.717) is 18.6 Å². The summed E-state index contributed by atoms with van der Waals surface area (Å²) in [4.78, 5) is 28.4. The summed E-state index contributed by atoms with van der Waals surface area (Å²) in [5.74, 6) is -0.690. The molecule has 5 aliphatic rings. The number of Topliss-reactive ketones (excluding diaryl/α,β-unsaturated/α-hetero) is 1. The minimum atomic E-state index is -1.04. The summed E-state index contributed by atoms with van der Waals surface area (Å²) >= 11 is 0. The van der Waals surface area contributed by atoms with Gasteiger partial charge in [0.05, 0.1) is 5.41 Å². The molecule has 2 N–H and O–H groups in total. The largest absolute Gasteiger partial charge is 0.479 e. The number of carbonyl (C=O) groups excluding carboxylic acids is 1. The number of carboxylic acid groups (broad SMARTS) is 1. The van der Waals surface area contributed by atoms with Crippen molar-refractivity contribution in [1.29, 1.82) is 0 Å². The Kier molecular flexibility index (Phi) is 2.34. The Hall–Kier alpha value is -1.88. The highest BCUT2D eigenvalue weighted by molar-refractivity contribution is 5.97. The highest BCUT2D eigenvalue weighted by Crippen LogP contribution is 2.72. The lowest BCUT2D eigenvalue weighted by molar-refractivity contribution is -0.161. The third kappa shape index (κ3) is 1.27.